The summed E-state index contributed by atoms with van der Waals surface area (Å²) in [6.07, 6.45) is 4.56. The molecule has 1 aromatic rings. The highest BCUT2D eigenvalue weighted by molar-refractivity contribution is 5.88. The van der Waals surface area contributed by atoms with Crippen molar-refractivity contribution < 1.29 is 9.59 Å². The molecule has 1 N–H and O–H groups in total. The Morgan fingerprint density at radius 3 is 2.94 bits per heavy atom. The Morgan fingerprint density at radius 2 is 2.22 bits per heavy atom. The van der Waals surface area contributed by atoms with Gasteiger partial charge in [0.1, 0.15) is 6.04 Å². The Labute approximate surface area is 106 Å². The smallest absolute Gasteiger partial charge is 0.242 e. The van der Waals surface area contributed by atoms with E-state index < -0.39 is 0 Å². The van der Waals surface area contributed by atoms with Crippen molar-refractivity contribution in [2.45, 2.75) is 25.8 Å². The fraction of sp³-hybridized carbons (Fsp3) is 0.462. The molecule has 5 nitrogen and oxygen atoms in total. The minimum absolute atomic E-state index is 0.0363. The summed E-state index contributed by atoms with van der Waals surface area (Å²) in [5.74, 6) is -0.0346. The Morgan fingerprint density at radius 1 is 1.50 bits per heavy atom. The van der Waals surface area contributed by atoms with E-state index in [2.05, 4.69) is 10.3 Å². The van der Waals surface area contributed by atoms with Gasteiger partial charge in [0.2, 0.25) is 11.8 Å². The number of hydrogen-bond acceptors (Lipinski definition) is 3. The second-order valence-electron chi connectivity index (χ2n) is 4.41. The summed E-state index contributed by atoms with van der Waals surface area (Å²) in [5.41, 5.74) is 1.09. The SMILES string of the molecule is CC1C(=O)NCCN1C(=O)CCc1ccncc1. The Balaban J connectivity index is 1.90. The number of hydrogen-bond donors (Lipinski definition) is 1. The highest BCUT2D eigenvalue weighted by Crippen LogP contribution is 2.09. The molecular weight excluding hydrogens is 230 g/mol. The number of nitrogens with one attached hydrogen (secondary N) is 1. The molecule has 1 fully saturated rings. The maximum Gasteiger partial charge on any atom is 0.242 e. The standard InChI is InChI=1S/C13H17N3O2/c1-10-13(18)15-8-9-16(10)12(17)3-2-11-4-6-14-7-5-11/h4-7,10H,2-3,8-9H2,1H3,(H,15,18). The number of pyridine rings is 1. The average molecular weight is 247 g/mol. The number of aryl methyl sites for hydroxylation is 1. The monoisotopic (exact) mass is 247 g/mol. The summed E-state index contributed by atoms with van der Waals surface area (Å²) >= 11 is 0. The molecule has 1 unspecified atom stereocenters. The molecule has 2 amide bonds. The lowest BCUT2D eigenvalue weighted by molar-refractivity contribution is -0.142. The number of nitrogens with zero attached hydrogens (tertiary/aromatic N) is 2. The second kappa shape index (κ2) is 5.62. The molecule has 1 aromatic heterocycles. The van der Waals surface area contributed by atoms with Gasteiger partial charge in [0, 0.05) is 31.9 Å². The average Bonchev–Trinajstić information content (AvgIpc) is 2.40. The van der Waals surface area contributed by atoms with Crippen LogP contribution in [0.4, 0.5) is 0 Å². The second-order valence-corrected chi connectivity index (χ2v) is 4.41. The van der Waals surface area contributed by atoms with E-state index in [1.807, 2.05) is 12.1 Å². The maximum atomic E-state index is 12.1. The summed E-state index contributed by atoms with van der Waals surface area (Å²) in [6.45, 7) is 2.91. The Hall–Kier alpha value is -1.91. The highest BCUT2D eigenvalue weighted by Gasteiger charge is 2.28. The Kier molecular flexibility index (Phi) is 3.92. The van der Waals surface area contributed by atoms with Crippen LogP contribution in [0, 0.1) is 0 Å². The first kappa shape index (κ1) is 12.5. The predicted octanol–water partition coefficient (Wildman–Crippen LogP) is 0.361. The van der Waals surface area contributed by atoms with Crippen LogP contribution in [-0.2, 0) is 16.0 Å². The fourth-order valence-electron chi connectivity index (χ4n) is 2.07. The van der Waals surface area contributed by atoms with Gasteiger partial charge in [0.25, 0.3) is 0 Å². The summed E-state index contributed by atoms with van der Waals surface area (Å²) in [5, 5.41) is 2.75. The molecule has 1 aliphatic heterocycles. The van der Waals surface area contributed by atoms with Crippen molar-refractivity contribution in [3.63, 3.8) is 0 Å². The molecular formula is C13H17N3O2. The summed E-state index contributed by atoms with van der Waals surface area (Å²) in [7, 11) is 0. The van der Waals surface area contributed by atoms with Gasteiger partial charge in [-0.1, -0.05) is 0 Å². The molecule has 2 rings (SSSR count). The largest absolute Gasteiger partial charge is 0.353 e. The molecule has 0 aromatic carbocycles. The number of carbonyl (C=O) groups excluding carboxylic acids is 2. The molecule has 1 aliphatic rings. The molecule has 1 atom stereocenters. The van der Waals surface area contributed by atoms with E-state index in [9.17, 15) is 9.59 Å². The first-order chi connectivity index (χ1) is 8.68. The molecule has 18 heavy (non-hydrogen) atoms. The van der Waals surface area contributed by atoms with Crippen LogP contribution in [-0.4, -0.2) is 40.8 Å². The van der Waals surface area contributed by atoms with Gasteiger partial charge in [-0.2, -0.15) is 0 Å². The molecule has 2 heterocycles. The van der Waals surface area contributed by atoms with Crippen LogP contribution in [0.3, 0.4) is 0 Å². The van der Waals surface area contributed by atoms with Crippen LogP contribution in [0.1, 0.15) is 18.9 Å². The lowest BCUT2D eigenvalue weighted by atomic mass is 10.1. The number of carbonyl (C=O) groups is 2. The highest BCUT2D eigenvalue weighted by atomic mass is 16.2. The van der Waals surface area contributed by atoms with E-state index >= 15 is 0 Å². The van der Waals surface area contributed by atoms with Crippen LogP contribution >= 0.6 is 0 Å². The quantitative estimate of drug-likeness (QED) is 0.839. The number of rotatable bonds is 3. The summed E-state index contributed by atoms with van der Waals surface area (Å²) in [6, 6.07) is 3.45. The van der Waals surface area contributed by atoms with Gasteiger partial charge in [-0.15, -0.1) is 0 Å². The van der Waals surface area contributed by atoms with Crippen molar-refractivity contribution in [2.75, 3.05) is 13.1 Å². The molecule has 96 valence electrons. The number of amides is 2. The fourth-order valence-corrected chi connectivity index (χ4v) is 2.07. The van der Waals surface area contributed by atoms with Crippen molar-refractivity contribution in [1.82, 2.24) is 15.2 Å². The molecule has 0 saturated carbocycles. The number of aromatic nitrogens is 1. The maximum absolute atomic E-state index is 12.1. The topological polar surface area (TPSA) is 62.3 Å². The third-order valence-electron chi connectivity index (χ3n) is 3.20. The minimum Gasteiger partial charge on any atom is -0.353 e. The van der Waals surface area contributed by atoms with E-state index in [0.717, 1.165) is 5.56 Å². The molecule has 5 heteroatoms. The van der Waals surface area contributed by atoms with Crippen LogP contribution in [0.25, 0.3) is 0 Å². The first-order valence-corrected chi connectivity index (χ1v) is 6.14. The van der Waals surface area contributed by atoms with Gasteiger partial charge in [0.15, 0.2) is 0 Å². The molecule has 0 spiro atoms. The van der Waals surface area contributed by atoms with E-state index in [0.29, 0.717) is 25.9 Å². The lowest BCUT2D eigenvalue weighted by Crippen LogP contribution is -2.55. The van der Waals surface area contributed by atoms with Gasteiger partial charge < -0.3 is 10.2 Å². The van der Waals surface area contributed by atoms with Gasteiger partial charge in [-0.3, -0.25) is 14.6 Å². The zero-order valence-corrected chi connectivity index (χ0v) is 10.4. The first-order valence-electron chi connectivity index (χ1n) is 6.14. The third-order valence-corrected chi connectivity index (χ3v) is 3.20. The normalized spacial score (nSPS) is 19.5. The van der Waals surface area contributed by atoms with Crippen molar-refractivity contribution in [2.24, 2.45) is 0 Å². The van der Waals surface area contributed by atoms with E-state index in [1.54, 1.807) is 24.2 Å². The van der Waals surface area contributed by atoms with Crippen LogP contribution in [0.5, 0.6) is 0 Å². The minimum atomic E-state index is -0.358. The van der Waals surface area contributed by atoms with Gasteiger partial charge in [-0.05, 0) is 31.0 Å². The predicted molar refractivity (Wildman–Crippen MR) is 66.7 cm³/mol. The van der Waals surface area contributed by atoms with Gasteiger partial charge in [-0.25, -0.2) is 0 Å². The van der Waals surface area contributed by atoms with E-state index in [4.69, 9.17) is 0 Å². The van der Waals surface area contributed by atoms with Gasteiger partial charge in [0.05, 0.1) is 0 Å². The zero-order chi connectivity index (χ0) is 13.0. The van der Waals surface area contributed by atoms with Crippen molar-refractivity contribution in [1.29, 1.82) is 0 Å². The summed E-state index contributed by atoms with van der Waals surface area (Å²) < 4.78 is 0. The van der Waals surface area contributed by atoms with Crippen LogP contribution in [0.2, 0.25) is 0 Å². The lowest BCUT2D eigenvalue weighted by Gasteiger charge is -2.32. The molecule has 0 bridgehead atoms. The molecule has 1 saturated heterocycles. The Bertz CT molecular complexity index is 433. The van der Waals surface area contributed by atoms with Gasteiger partial charge >= 0.3 is 0 Å². The van der Waals surface area contributed by atoms with E-state index in [1.165, 1.54) is 0 Å². The molecule has 0 radical (unpaired) electrons. The van der Waals surface area contributed by atoms with Crippen molar-refractivity contribution in [3.8, 4) is 0 Å². The van der Waals surface area contributed by atoms with Crippen LogP contribution < -0.4 is 5.32 Å². The van der Waals surface area contributed by atoms with Crippen LogP contribution in [0.15, 0.2) is 24.5 Å². The van der Waals surface area contributed by atoms with Crippen molar-refractivity contribution in [3.05, 3.63) is 30.1 Å². The third kappa shape index (κ3) is 2.85. The number of piperazine rings is 1. The zero-order valence-electron chi connectivity index (χ0n) is 10.4. The molecule has 0 aliphatic carbocycles. The summed E-state index contributed by atoms with van der Waals surface area (Å²) in [4.78, 5) is 29.1. The van der Waals surface area contributed by atoms with E-state index in [-0.39, 0.29) is 17.9 Å². The van der Waals surface area contributed by atoms with Crippen molar-refractivity contribution >= 4 is 11.8 Å².